The van der Waals surface area contributed by atoms with E-state index in [2.05, 4.69) is 0 Å². The molecule has 1 N–H and O–H groups in total. The molecule has 1 saturated carbocycles. The molecule has 0 aromatic rings. The summed E-state index contributed by atoms with van der Waals surface area (Å²) in [5, 5.41) is 18.5. The predicted octanol–water partition coefficient (Wildman–Crippen LogP) is -0.214. The van der Waals surface area contributed by atoms with Crippen molar-refractivity contribution in [1.29, 1.82) is 0 Å². The molecule has 2 atom stereocenters. The molecule has 0 aliphatic heterocycles. The van der Waals surface area contributed by atoms with Crippen LogP contribution in [0.15, 0.2) is 0 Å². The van der Waals surface area contributed by atoms with E-state index in [4.69, 9.17) is 5.11 Å². The summed E-state index contributed by atoms with van der Waals surface area (Å²) in [5.41, 5.74) is 0. The Labute approximate surface area is 46.3 Å². The van der Waals surface area contributed by atoms with Gasteiger partial charge in [-0.2, -0.15) is 0 Å². The van der Waals surface area contributed by atoms with Gasteiger partial charge in [-0.25, -0.2) is 0 Å². The molecule has 1 rings (SSSR count). The zero-order valence-corrected chi connectivity index (χ0v) is 4.28. The fraction of sp³-hybridized carbons (Fsp3) is 1.00. The Kier molecular flexibility index (Phi) is 1.17. The first-order valence-electron chi connectivity index (χ1n) is 2.53. The van der Waals surface area contributed by atoms with E-state index in [-0.39, 0.29) is 0 Å². The second-order valence-electron chi connectivity index (χ2n) is 2.00. The van der Waals surface area contributed by atoms with Gasteiger partial charge in [-0.15, -0.1) is 0 Å². The highest BCUT2D eigenvalue weighted by atomic mass is 16.6. The minimum absolute atomic E-state index is 0.422. The molecule has 4 nitrogen and oxygen atoms in total. The monoisotopic (exact) mass is 117 g/mol. The molecule has 0 spiro atoms. The molecule has 1 aliphatic carbocycles. The molecule has 1 unspecified atom stereocenters. The average molecular weight is 117 g/mol. The Bertz CT molecular complexity index is 114. The molecular formula is C4H7NO3. The molecule has 0 aromatic heterocycles. The Hall–Kier alpha value is -0.640. The van der Waals surface area contributed by atoms with Crippen LogP contribution in [0, 0.1) is 10.1 Å². The molecule has 46 valence electrons. The summed E-state index contributed by atoms with van der Waals surface area (Å²) in [6.45, 7) is 0. The van der Waals surface area contributed by atoms with Gasteiger partial charge in [0.05, 0.1) is 0 Å². The zero-order valence-electron chi connectivity index (χ0n) is 4.28. The van der Waals surface area contributed by atoms with Crippen molar-refractivity contribution >= 4 is 0 Å². The second-order valence-corrected chi connectivity index (χ2v) is 2.00. The summed E-state index contributed by atoms with van der Waals surface area (Å²) < 4.78 is 0. The van der Waals surface area contributed by atoms with Crippen LogP contribution in [0.1, 0.15) is 12.8 Å². The molecule has 0 amide bonds. The highest BCUT2D eigenvalue weighted by molar-refractivity contribution is 4.79. The molecule has 4 heteroatoms. The lowest BCUT2D eigenvalue weighted by Gasteiger charge is -2.23. The number of nitrogens with zero attached hydrogens (tertiary/aromatic N) is 1. The van der Waals surface area contributed by atoms with Gasteiger partial charge in [0, 0.05) is 11.3 Å². The van der Waals surface area contributed by atoms with Crippen LogP contribution in [0.3, 0.4) is 0 Å². The Balaban J connectivity index is 2.37. The van der Waals surface area contributed by atoms with E-state index in [1.54, 1.807) is 0 Å². The minimum Gasteiger partial charge on any atom is -0.386 e. The predicted molar refractivity (Wildman–Crippen MR) is 26.0 cm³/mol. The van der Waals surface area contributed by atoms with E-state index in [0.717, 1.165) is 0 Å². The number of nitro groups is 1. The summed E-state index contributed by atoms with van der Waals surface area (Å²) in [6.07, 6.45) is 0.449. The quantitative estimate of drug-likeness (QED) is 0.381. The Morgan fingerprint density at radius 3 is 2.25 bits per heavy atom. The first-order chi connectivity index (χ1) is 3.72. The number of hydrogen-bond donors (Lipinski definition) is 1. The van der Waals surface area contributed by atoms with Crippen LogP contribution in [0.2, 0.25) is 0 Å². The summed E-state index contributed by atoms with van der Waals surface area (Å²) in [6, 6.07) is -0.671. The lowest BCUT2D eigenvalue weighted by molar-refractivity contribution is -0.549. The van der Waals surface area contributed by atoms with Crippen molar-refractivity contribution in [1.82, 2.24) is 0 Å². The van der Waals surface area contributed by atoms with Crippen molar-refractivity contribution < 1.29 is 10.0 Å². The van der Waals surface area contributed by atoms with E-state index in [0.29, 0.717) is 12.8 Å². The Morgan fingerprint density at radius 1 is 1.62 bits per heavy atom. The van der Waals surface area contributed by atoms with Crippen LogP contribution in [0.25, 0.3) is 0 Å². The van der Waals surface area contributed by atoms with Crippen LogP contribution < -0.4 is 0 Å². The largest absolute Gasteiger partial charge is 0.386 e. The molecular weight excluding hydrogens is 110 g/mol. The van der Waals surface area contributed by atoms with Crippen molar-refractivity contribution in [2.75, 3.05) is 0 Å². The third-order valence-corrected chi connectivity index (χ3v) is 1.47. The Morgan fingerprint density at radius 2 is 2.25 bits per heavy atom. The normalized spacial score (nSPS) is 36.1. The SMILES string of the molecule is O=[N+]([O-])[C@H]1CCC1O. The number of hydrogen-bond acceptors (Lipinski definition) is 3. The van der Waals surface area contributed by atoms with Gasteiger partial charge in [0.15, 0.2) is 0 Å². The van der Waals surface area contributed by atoms with Crippen molar-refractivity contribution in [3.8, 4) is 0 Å². The smallest absolute Gasteiger partial charge is 0.238 e. The van der Waals surface area contributed by atoms with Gasteiger partial charge in [-0.3, -0.25) is 10.1 Å². The lowest BCUT2D eigenvalue weighted by Crippen LogP contribution is -2.42. The number of rotatable bonds is 1. The summed E-state index contributed by atoms with van der Waals surface area (Å²) in [4.78, 5) is 9.42. The summed E-state index contributed by atoms with van der Waals surface area (Å²) >= 11 is 0. The average Bonchev–Trinajstić information content (AvgIpc) is 1.61. The first-order valence-corrected chi connectivity index (χ1v) is 2.53. The van der Waals surface area contributed by atoms with E-state index < -0.39 is 17.1 Å². The van der Waals surface area contributed by atoms with Crippen LogP contribution >= 0.6 is 0 Å². The van der Waals surface area contributed by atoms with Crippen LogP contribution in [-0.2, 0) is 0 Å². The number of aliphatic hydroxyl groups is 1. The maximum Gasteiger partial charge on any atom is 0.238 e. The molecule has 0 bridgehead atoms. The van der Waals surface area contributed by atoms with Crippen molar-refractivity contribution in [2.24, 2.45) is 0 Å². The fourth-order valence-corrected chi connectivity index (χ4v) is 0.711. The topological polar surface area (TPSA) is 63.4 Å². The highest BCUT2D eigenvalue weighted by Crippen LogP contribution is 2.21. The third kappa shape index (κ3) is 0.667. The number of aliphatic hydroxyl groups excluding tert-OH is 1. The van der Waals surface area contributed by atoms with E-state index in [9.17, 15) is 10.1 Å². The third-order valence-electron chi connectivity index (χ3n) is 1.47. The molecule has 0 aromatic carbocycles. The van der Waals surface area contributed by atoms with Crippen LogP contribution in [0.4, 0.5) is 0 Å². The van der Waals surface area contributed by atoms with Crippen molar-refractivity contribution in [3.05, 3.63) is 10.1 Å². The molecule has 0 radical (unpaired) electrons. The van der Waals surface area contributed by atoms with E-state index in [1.165, 1.54) is 0 Å². The first kappa shape index (κ1) is 5.50. The van der Waals surface area contributed by atoms with E-state index in [1.807, 2.05) is 0 Å². The molecule has 0 saturated heterocycles. The maximum atomic E-state index is 9.84. The van der Waals surface area contributed by atoms with Crippen LogP contribution in [-0.4, -0.2) is 22.2 Å². The molecule has 0 heterocycles. The highest BCUT2D eigenvalue weighted by Gasteiger charge is 2.38. The molecule has 1 fully saturated rings. The second kappa shape index (κ2) is 1.70. The molecule has 8 heavy (non-hydrogen) atoms. The van der Waals surface area contributed by atoms with Crippen molar-refractivity contribution in [2.45, 2.75) is 25.0 Å². The standard InChI is InChI=1S/C4H7NO3/c6-4-2-1-3(4)5(7)8/h3-4,6H,1-2H2/t3-,4?/m0/s1. The van der Waals surface area contributed by atoms with Gasteiger partial charge in [-0.05, 0) is 6.42 Å². The fourth-order valence-electron chi connectivity index (χ4n) is 0.711. The van der Waals surface area contributed by atoms with Crippen molar-refractivity contribution in [3.63, 3.8) is 0 Å². The van der Waals surface area contributed by atoms with Gasteiger partial charge < -0.3 is 5.11 Å². The lowest BCUT2D eigenvalue weighted by atomic mass is 9.90. The van der Waals surface area contributed by atoms with E-state index >= 15 is 0 Å². The van der Waals surface area contributed by atoms with Gasteiger partial charge in [0.25, 0.3) is 0 Å². The minimum atomic E-state index is -0.676. The maximum absolute atomic E-state index is 9.84. The van der Waals surface area contributed by atoms with Gasteiger partial charge in [-0.1, -0.05) is 0 Å². The summed E-state index contributed by atoms with van der Waals surface area (Å²) in [5.74, 6) is 0. The van der Waals surface area contributed by atoms with Gasteiger partial charge >= 0.3 is 0 Å². The van der Waals surface area contributed by atoms with Gasteiger partial charge in [0.1, 0.15) is 6.10 Å². The summed E-state index contributed by atoms with van der Waals surface area (Å²) in [7, 11) is 0. The van der Waals surface area contributed by atoms with Crippen LogP contribution in [0.5, 0.6) is 0 Å². The van der Waals surface area contributed by atoms with Gasteiger partial charge in [0.2, 0.25) is 6.04 Å². The zero-order chi connectivity index (χ0) is 6.15. The molecule has 1 aliphatic rings.